The Labute approximate surface area is 121 Å². The summed E-state index contributed by atoms with van der Waals surface area (Å²) in [7, 11) is 1.67. The van der Waals surface area contributed by atoms with E-state index in [1.54, 1.807) is 7.11 Å². The Kier molecular flexibility index (Phi) is 4.04. The van der Waals surface area contributed by atoms with Crippen molar-refractivity contribution in [2.45, 2.75) is 33.9 Å². The second-order valence-electron chi connectivity index (χ2n) is 6.59. The number of methoxy groups -OCH3 is 1. The van der Waals surface area contributed by atoms with Crippen molar-refractivity contribution in [3.05, 3.63) is 29.3 Å². The lowest BCUT2D eigenvalue weighted by atomic mass is 9.95. The van der Waals surface area contributed by atoms with Crippen LogP contribution >= 0.6 is 0 Å². The van der Waals surface area contributed by atoms with Gasteiger partial charge in [-0.3, -0.25) is 10.1 Å². The Morgan fingerprint density at radius 3 is 2.65 bits per heavy atom. The molecule has 1 amide bonds. The van der Waals surface area contributed by atoms with Crippen LogP contribution in [0.4, 0.5) is 0 Å². The van der Waals surface area contributed by atoms with Gasteiger partial charge in [0.15, 0.2) is 0 Å². The standard InChI is InChI=1S/C16H24N2O2/c1-11-8-12(6-7-13(11)20-5)15-17-9-14(19)18(15)10-16(2,3)4/h6-8,15,17H,9-10H2,1-5H3. The molecule has 1 heterocycles. The first-order valence-electron chi connectivity index (χ1n) is 6.99. The Hall–Kier alpha value is -1.55. The van der Waals surface area contributed by atoms with E-state index in [0.717, 1.165) is 23.4 Å². The predicted molar refractivity (Wildman–Crippen MR) is 79.6 cm³/mol. The fourth-order valence-electron chi connectivity index (χ4n) is 2.60. The van der Waals surface area contributed by atoms with Crippen molar-refractivity contribution in [1.29, 1.82) is 0 Å². The Morgan fingerprint density at radius 1 is 1.40 bits per heavy atom. The van der Waals surface area contributed by atoms with E-state index in [0.29, 0.717) is 6.54 Å². The summed E-state index contributed by atoms with van der Waals surface area (Å²) in [5.74, 6) is 1.04. The topological polar surface area (TPSA) is 41.6 Å². The second-order valence-corrected chi connectivity index (χ2v) is 6.59. The molecular weight excluding hydrogens is 252 g/mol. The molecule has 0 spiro atoms. The van der Waals surface area contributed by atoms with Gasteiger partial charge >= 0.3 is 0 Å². The van der Waals surface area contributed by atoms with Crippen LogP contribution in [0.3, 0.4) is 0 Å². The van der Waals surface area contributed by atoms with Crippen molar-refractivity contribution in [2.24, 2.45) is 5.41 Å². The monoisotopic (exact) mass is 276 g/mol. The smallest absolute Gasteiger partial charge is 0.238 e. The zero-order valence-electron chi connectivity index (χ0n) is 13.0. The van der Waals surface area contributed by atoms with Gasteiger partial charge in [0.05, 0.1) is 13.7 Å². The van der Waals surface area contributed by atoms with Crippen LogP contribution in [-0.4, -0.2) is 31.0 Å². The number of hydrogen-bond donors (Lipinski definition) is 1. The van der Waals surface area contributed by atoms with Gasteiger partial charge in [-0.25, -0.2) is 0 Å². The summed E-state index contributed by atoms with van der Waals surface area (Å²) in [6.45, 7) is 9.62. The summed E-state index contributed by atoms with van der Waals surface area (Å²) >= 11 is 0. The quantitative estimate of drug-likeness (QED) is 0.922. The van der Waals surface area contributed by atoms with Crippen LogP contribution in [0.25, 0.3) is 0 Å². The molecule has 0 aliphatic carbocycles. The molecule has 0 bridgehead atoms. The summed E-state index contributed by atoms with van der Waals surface area (Å²) in [4.78, 5) is 14.0. The van der Waals surface area contributed by atoms with E-state index in [2.05, 4.69) is 32.2 Å². The predicted octanol–water partition coefficient (Wildman–Crippen LogP) is 2.48. The van der Waals surface area contributed by atoms with Crippen LogP contribution in [0.1, 0.15) is 38.1 Å². The number of carbonyl (C=O) groups excluding carboxylic acids is 1. The number of nitrogens with zero attached hydrogens (tertiary/aromatic N) is 1. The summed E-state index contributed by atoms with van der Waals surface area (Å²) in [5, 5.41) is 3.30. The fourth-order valence-corrected chi connectivity index (χ4v) is 2.60. The molecule has 110 valence electrons. The van der Waals surface area contributed by atoms with Gasteiger partial charge in [-0.1, -0.05) is 26.8 Å². The van der Waals surface area contributed by atoms with Crippen molar-refractivity contribution >= 4 is 5.91 Å². The van der Waals surface area contributed by atoms with Gasteiger partial charge in [0.2, 0.25) is 5.91 Å². The van der Waals surface area contributed by atoms with Gasteiger partial charge in [-0.2, -0.15) is 0 Å². The van der Waals surface area contributed by atoms with E-state index in [-0.39, 0.29) is 17.5 Å². The number of rotatable bonds is 3. The molecule has 1 unspecified atom stereocenters. The average Bonchev–Trinajstić information content (AvgIpc) is 2.69. The third kappa shape index (κ3) is 3.12. The van der Waals surface area contributed by atoms with Gasteiger partial charge in [0.1, 0.15) is 11.9 Å². The minimum absolute atomic E-state index is 0.0358. The van der Waals surface area contributed by atoms with Crippen molar-refractivity contribution in [1.82, 2.24) is 10.2 Å². The van der Waals surface area contributed by atoms with Gasteiger partial charge in [0, 0.05) is 6.54 Å². The van der Waals surface area contributed by atoms with E-state index in [4.69, 9.17) is 4.74 Å². The molecule has 1 saturated heterocycles. The molecule has 1 aromatic rings. The maximum Gasteiger partial charge on any atom is 0.238 e. The Bertz CT molecular complexity index is 506. The number of aryl methyl sites for hydroxylation is 1. The van der Waals surface area contributed by atoms with Crippen LogP contribution in [0.5, 0.6) is 5.75 Å². The first kappa shape index (κ1) is 14.9. The summed E-state index contributed by atoms with van der Waals surface area (Å²) in [6.07, 6.45) is -0.0358. The van der Waals surface area contributed by atoms with Crippen molar-refractivity contribution < 1.29 is 9.53 Å². The summed E-state index contributed by atoms with van der Waals surface area (Å²) in [6, 6.07) is 6.08. The molecule has 1 aromatic carbocycles. The van der Waals surface area contributed by atoms with Gasteiger partial charge in [0.25, 0.3) is 0 Å². The molecule has 1 atom stereocenters. The molecule has 0 saturated carbocycles. The number of ether oxygens (including phenoxy) is 1. The normalized spacial score (nSPS) is 19.6. The minimum atomic E-state index is -0.0358. The number of hydrogen-bond acceptors (Lipinski definition) is 3. The second kappa shape index (κ2) is 5.44. The van der Waals surface area contributed by atoms with Crippen LogP contribution in [0.2, 0.25) is 0 Å². The number of benzene rings is 1. The van der Waals surface area contributed by atoms with E-state index in [1.807, 2.05) is 24.0 Å². The maximum atomic E-state index is 12.1. The van der Waals surface area contributed by atoms with Crippen molar-refractivity contribution in [3.8, 4) is 5.75 Å². The third-order valence-electron chi connectivity index (χ3n) is 3.46. The summed E-state index contributed by atoms with van der Waals surface area (Å²) in [5.41, 5.74) is 2.28. The third-order valence-corrected chi connectivity index (χ3v) is 3.46. The maximum absolute atomic E-state index is 12.1. The van der Waals surface area contributed by atoms with Crippen LogP contribution in [-0.2, 0) is 4.79 Å². The van der Waals surface area contributed by atoms with Crippen LogP contribution < -0.4 is 10.1 Å². The first-order valence-corrected chi connectivity index (χ1v) is 6.99. The molecule has 1 N–H and O–H groups in total. The fraction of sp³-hybridized carbons (Fsp3) is 0.562. The van der Waals surface area contributed by atoms with Crippen molar-refractivity contribution in [2.75, 3.05) is 20.2 Å². The Morgan fingerprint density at radius 2 is 2.10 bits per heavy atom. The van der Waals surface area contributed by atoms with Crippen LogP contribution in [0, 0.1) is 12.3 Å². The summed E-state index contributed by atoms with van der Waals surface area (Å²) < 4.78 is 5.29. The Balaban J connectivity index is 2.26. The van der Waals surface area contributed by atoms with Gasteiger partial charge in [-0.15, -0.1) is 0 Å². The molecule has 1 aliphatic rings. The zero-order chi connectivity index (χ0) is 14.9. The molecule has 1 aliphatic heterocycles. The molecule has 0 aromatic heterocycles. The lowest BCUT2D eigenvalue weighted by Crippen LogP contribution is -2.37. The number of nitrogens with one attached hydrogen (secondary N) is 1. The lowest BCUT2D eigenvalue weighted by Gasteiger charge is -2.31. The molecule has 1 fully saturated rings. The van der Waals surface area contributed by atoms with E-state index in [1.165, 1.54) is 0 Å². The minimum Gasteiger partial charge on any atom is -0.496 e. The highest BCUT2D eigenvalue weighted by Crippen LogP contribution is 2.29. The zero-order valence-corrected chi connectivity index (χ0v) is 13.0. The van der Waals surface area contributed by atoms with E-state index in [9.17, 15) is 4.79 Å². The molecular formula is C16H24N2O2. The molecule has 4 nitrogen and oxygen atoms in total. The highest BCUT2D eigenvalue weighted by Gasteiger charge is 2.34. The SMILES string of the molecule is COc1ccc(C2NCC(=O)N2CC(C)(C)C)cc1C. The molecule has 2 rings (SSSR count). The average molecular weight is 276 g/mol. The highest BCUT2D eigenvalue weighted by atomic mass is 16.5. The lowest BCUT2D eigenvalue weighted by molar-refractivity contribution is -0.129. The van der Waals surface area contributed by atoms with Crippen LogP contribution in [0.15, 0.2) is 18.2 Å². The van der Waals surface area contributed by atoms with Gasteiger partial charge < -0.3 is 9.64 Å². The van der Waals surface area contributed by atoms with E-state index < -0.39 is 0 Å². The molecule has 4 heteroatoms. The highest BCUT2D eigenvalue weighted by molar-refractivity contribution is 5.81. The first-order chi connectivity index (χ1) is 9.31. The number of amides is 1. The van der Waals surface area contributed by atoms with Gasteiger partial charge in [-0.05, 0) is 35.6 Å². The molecule has 20 heavy (non-hydrogen) atoms. The number of carbonyl (C=O) groups is 1. The van der Waals surface area contributed by atoms with E-state index >= 15 is 0 Å². The largest absolute Gasteiger partial charge is 0.496 e. The molecule has 0 radical (unpaired) electrons. The van der Waals surface area contributed by atoms with Crippen molar-refractivity contribution in [3.63, 3.8) is 0 Å².